The van der Waals surface area contributed by atoms with E-state index in [0.29, 0.717) is 33.4 Å². The van der Waals surface area contributed by atoms with Gasteiger partial charge in [-0.1, -0.05) is 39.2 Å². The summed E-state index contributed by atoms with van der Waals surface area (Å²) in [6.45, 7) is 6.03. The lowest BCUT2D eigenvalue weighted by atomic mass is 9.78. The summed E-state index contributed by atoms with van der Waals surface area (Å²) in [5.41, 5.74) is 9.66. The van der Waals surface area contributed by atoms with Crippen LogP contribution in [0.3, 0.4) is 0 Å². The Labute approximate surface area is 197 Å². The maximum atomic E-state index is 12.9. The van der Waals surface area contributed by atoms with Gasteiger partial charge in [0.1, 0.15) is 17.4 Å². The number of anilines is 1. The molecular formula is C25H29F2N7. The molecule has 0 unspecified atom stereocenters. The second-order valence-corrected chi connectivity index (χ2v) is 9.54. The number of hydrogen-bond acceptors (Lipinski definition) is 5. The molecule has 1 fully saturated rings. The second kappa shape index (κ2) is 9.37. The van der Waals surface area contributed by atoms with Crippen molar-refractivity contribution in [1.82, 2.24) is 24.1 Å². The Bertz CT molecular complexity index is 1350. The summed E-state index contributed by atoms with van der Waals surface area (Å²) in [7, 11) is 0. The van der Waals surface area contributed by atoms with Gasteiger partial charge >= 0.3 is 0 Å². The predicted octanol–water partition coefficient (Wildman–Crippen LogP) is 5.75. The van der Waals surface area contributed by atoms with Gasteiger partial charge in [0.15, 0.2) is 5.69 Å². The molecule has 7 nitrogen and oxygen atoms in total. The quantitative estimate of drug-likeness (QED) is 0.415. The normalized spacial score (nSPS) is 15.3. The number of fused-ring (bicyclic) bond motifs is 2. The van der Waals surface area contributed by atoms with Crippen molar-refractivity contribution in [1.29, 1.82) is 5.26 Å². The molecule has 0 aliphatic heterocycles. The fraction of sp³-hybridized carbons (Fsp3) is 0.440. The van der Waals surface area contributed by atoms with E-state index in [-0.39, 0.29) is 11.6 Å². The first kappa shape index (κ1) is 23.6. The third-order valence-electron chi connectivity index (χ3n) is 6.41. The molecule has 34 heavy (non-hydrogen) atoms. The van der Waals surface area contributed by atoms with Gasteiger partial charge in [-0.25, -0.2) is 18.3 Å². The number of aromatic nitrogens is 5. The van der Waals surface area contributed by atoms with Crippen LogP contribution in [0, 0.1) is 23.7 Å². The molecule has 3 heterocycles. The lowest BCUT2D eigenvalue weighted by Gasteiger charge is -2.28. The highest BCUT2D eigenvalue weighted by molar-refractivity contribution is 5.89. The summed E-state index contributed by atoms with van der Waals surface area (Å²) in [6, 6.07) is 9.18. The number of aryl methyl sites for hydroxylation is 1. The number of imidazole rings is 1. The van der Waals surface area contributed by atoms with E-state index in [1.807, 2.05) is 12.1 Å². The molecule has 0 amide bonds. The highest BCUT2D eigenvalue weighted by Gasteiger charge is 2.20. The monoisotopic (exact) mass is 465 g/mol. The lowest BCUT2D eigenvalue weighted by molar-refractivity contribution is 0.127. The van der Waals surface area contributed by atoms with E-state index in [4.69, 9.17) is 5.73 Å². The number of hydrogen-bond donors (Lipinski definition) is 1. The van der Waals surface area contributed by atoms with Crippen LogP contribution < -0.4 is 5.73 Å². The lowest BCUT2D eigenvalue weighted by Crippen LogP contribution is -2.14. The molecule has 0 radical (unpaired) electrons. The van der Waals surface area contributed by atoms with Crippen LogP contribution in [0.4, 0.5) is 14.7 Å². The van der Waals surface area contributed by atoms with Gasteiger partial charge in [0, 0.05) is 11.8 Å². The third kappa shape index (κ3) is 4.86. The van der Waals surface area contributed by atoms with Crippen molar-refractivity contribution in [2.24, 2.45) is 5.41 Å². The highest BCUT2D eigenvalue weighted by Crippen LogP contribution is 2.34. The molecule has 3 aromatic heterocycles. The van der Waals surface area contributed by atoms with Crippen molar-refractivity contribution in [2.75, 3.05) is 5.73 Å². The van der Waals surface area contributed by atoms with Crippen molar-refractivity contribution < 1.29 is 8.78 Å². The van der Waals surface area contributed by atoms with Crippen molar-refractivity contribution in [3.8, 4) is 17.2 Å². The first-order valence-corrected chi connectivity index (χ1v) is 11.5. The average molecular weight is 466 g/mol. The Morgan fingerprint density at radius 1 is 1.15 bits per heavy atom. The first-order valence-electron chi connectivity index (χ1n) is 11.5. The number of nitrogens with two attached hydrogens (primary N) is 1. The van der Waals surface area contributed by atoms with Crippen molar-refractivity contribution in [3.05, 3.63) is 42.0 Å². The highest BCUT2D eigenvalue weighted by atomic mass is 19.3. The van der Waals surface area contributed by atoms with Crippen LogP contribution in [0.5, 0.6) is 0 Å². The zero-order valence-electron chi connectivity index (χ0n) is 19.7. The molecule has 2 N–H and O–H groups in total. The van der Waals surface area contributed by atoms with E-state index in [2.05, 4.69) is 28.9 Å². The van der Waals surface area contributed by atoms with Gasteiger partial charge in [0.25, 0.3) is 6.43 Å². The fourth-order valence-corrected chi connectivity index (χ4v) is 4.64. The molecule has 1 aliphatic rings. The summed E-state index contributed by atoms with van der Waals surface area (Å²) in [5.74, 6) is 0.519. The number of nitrogens with zero attached hydrogens (tertiary/aromatic N) is 6. The molecule has 0 spiro atoms. The van der Waals surface area contributed by atoms with E-state index >= 15 is 0 Å². The largest absolute Gasteiger partial charge is 0.367 e. The number of alkyl halides is 2. The van der Waals surface area contributed by atoms with E-state index < -0.39 is 13.0 Å². The van der Waals surface area contributed by atoms with Crippen molar-refractivity contribution >= 4 is 22.5 Å². The smallest absolute Gasteiger partial charge is 0.256 e. The number of nitriles is 1. The average Bonchev–Trinajstić information content (AvgIpc) is 3.33. The van der Waals surface area contributed by atoms with Crippen LogP contribution in [0.25, 0.3) is 27.7 Å². The molecule has 1 aromatic carbocycles. The summed E-state index contributed by atoms with van der Waals surface area (Å²) in [5, 5.41) is 13.4. The van der Waals surface area contributed by atoms with Gasteiger partial charge in [-0.3, -0.25) is 0 Å². The van der Waals surface area contributed by atoms with Crippen LogP contribution in [-0.4, -0.2) is 30.6 Å². The van der Waals surface area contributed by atoms with Gasteiger partial charge in [0.2, 0.25) is 5.95 Å². The van der Waals surface area contributed by atoms with E-state index in [0.717, 1.165) is 5.56 Å². The van der Waals surface area contributed by atoms with Crippen LogP contribution in [0.2, 0.25) is 0 Å². The molecule has 0 atom stereocenters. The summed E-state index contributed by atoms with van der Waals surface area (Å²) in [4.78, 5) is 8.30. The molecule has 178 valence electrons. The van der Waals surface area contributed by atoms with Crippen LogP contribution in [0.15, 0.2) is 30.5 Å². The Hall–Kier alpha value is -3.54. The Kier molecular flexibility index (Phi) is 6.51. The minimum absolute atomic E-state index is 0.00251. The Morgan fingerprint density at radius 3 is 2.50 bits per heavy atom. The van der Waals surface area contributed by atoms with Crippen LogP contribution in [0.1, 0.15) is 57.5 Å². The Morgan fingerprint density at radius 2 is 1.88 bits per heavy atom. The molecular weight excluding hydrogens is 436 g/mol. The minimum Gasteiger partial charge on any atom is -0.367 e. The van der Waals surface area contributed by atoms with Gasteiger partial charge in [-0.15, -0.1) is 5.10 Å². The SMILES string of the molecule is CC1(C)CCCCC1.Cc1nc2ccc(-c3ccn4nc(N)nc(C#N)c34)cc2n1CC(F)F. The molecule has 5 rings (SSSR count). The first-order chi connectivity index (χ1) is 16.2. The maximum Gasteiger partial charge on any atom is 0.256 e. The summed E-state index contributed by atoms with van der Waals surface area (Å²) < 4.78 is 28.8. The van der Waals surface area contributed by atoms with Gasteiger partial charge in [-0.05, 0) is 48.9 Å². The number of rotatable bonds is 3. The van der Waals surface area contributed by atoms with Gasteiger partial charge in [-0.2, -0.15) is 10.2 Å². The van der Waals surface area contributed by atoms with E-state index in [9.17, 15) is 14.0 Å². The van der Waals surface area contributed by atoms with E-state index in [1.165, 1.54) is 41.2 Å². The topological polar surface area (TPSA) is 97.8 Å². The van der Waals surface area contributed by atoms with Gasteiger partial charge in [0.05, 0.1) is 17.6 Å². The maximum absolute atomic E-state index is 12.9. The Balaban J connectivity index is 0.000000291. The zero-order valence-corrected chi connectivity index (χ0v) is 19.7. The molecule has 1 aliphatic carbocycles. The van der Waals surface area contributed by atoms with Crippen molar-refractivity contribution in [2.45, 2.75) is 65.8 Å². The van der Waals surface area contributed by atoms with Crippen LogP contribution >= 0.6 is 0 Å². The fourth-order valence-electron chi connectivity index (χ4n) is 4.64. The summed E-state index contributed by atoms with van der Waals surface area (Å²) in [6.07, 6.45) is 6.51. The zero-order chi connectivity index (χ0) is 24.5. The molecule has 9 heteroatoms. The number of nitrogen functional groups attached to an aromatic ring is 1. The predicted molar refractivity (Wildman–Crippen MR) is 128 cm³/mol. The third-order valence-corrected chi connectivity index (χ3v) is 6.41. The van der Waals surface area contributed by atoms with Crippen LogP contribution in [-0.2, 0) is 6.54 Å². The minimum atomic E-state index is -2.48. The molecule has 0 bridgehead atoms. The number of halogens is 2. The molecule has 4 aromatic rings. The summed E-state index contributed by atoms with van der Waals surface area (Å²) >= 11 is 0. The van der Waals surface area contributed by atoms with Crippen molar-refractivity contribution in [3.63, 3.8) is 0 Å². The second-order valence-electron chi connectivity index (χ2n) is 9.54. The standard InChI is InChI=1S/C17H13F2N7.C8H16/c1-9-22-12-3-2-10(6-14(12)25(9)8-15(18)19)11-4-5-26-16(11)13(7-20)23-17(21)24-26;1-8(2)6-4-3-5-7-8/h2-6,15H,8H2,1H3,(H2,21,24);3-7H2,1-2H3. The van der Waals surface area contributed by atoms with E-state index in [1.54, 1.807) is 31.3 Å². The number of benzene rings is 1. The molecule has 0 saturated heterocycles. The van der Waals surface area contributed by atoms with Gasteiger partial charge < -0.3 is 10.3 Å². The molecule has 1 saturated carbocycles.